The lowest BCUT2D eigenvalue weighted by molar-refractivity contribution is 0.0853. The first-order valence-corrected chi connectivity index (χ1v) is 9.66. The molecule has 1 aromatic carbocycles. The highest BCUT2D eigenvalue weighted by molar-refractivity contribution is 9.10. The molecule has 1 saturated heterocycles. The number of nitrogens with zero attached hydrogens (tertiary/aromatic N) is 4. The summed E-state index contributed by atoms with van der Waals surface area (Å²) >= 11 is 3.47. The number of carbonyl (C=O) groups is 1. The van der Waals surface area contributed by atoms with Gasteiger partial charge in [0, 0.05) is 31.4 Å². The van der Waals surface area contributed by atoms with Crippen LogP contribution in [0.25, 0.3) is 5.52 Å². The molecule has 0 radical (unpaired) electrons. The SMILES string of the molecule is Nc1nccn2c([C@H]3CCCN(C(=O)OCc4ccccc4)C3)nc(Br)c12. The molecule has 7 nitrogen and oxygen atoms in total. The summed E-state index contributed by atoms with van der Waals surface area (Å²) in [7, 11) is 0. The minimum Gasteiger partial charge on any atom is -0.445 e. The van der Waals surface area contributed by atoms with E-state index in [4.69, 9.17) is 10.5 Å². The minimum atomic E-state index is -0.287. The molecule has 0 aliphatic carbocycles. The van der Waals surface area contributed by atoms with E-state index in [1.807, 2.05) is 40.9 Å². The molecule has 1 amide bonds. The third kappa shape index (κ3) is 3.62. The monoisotopic (exact) mass is 429 g/mol. The van der Waals surface area contributed by atoms with Crippen molar-refractivity contribution >= 4 is 33.4 Å². The van der Waals surface area contributed by atoms with Crippen molar-refractivity contribution in [2.24, 2.45) is 0 Å². The van der Waals surface area contributed by atoms with Gasteiger partial charge < -0.3 is 15.4 Å². The minimum absolute atomic E-state index is 0.114. The third-order valence-electron chi connectivity index (χ3n) is 4.82. The van der Waals surface area contributed by atoms with Gasteiger partial charge in [0.1, 0.15) is 22.6 Å². The number of aromatic nitrogens is 3. The molecule has 0 bridgehead atoms. The van der Waals surface area contributed by atoms with Gasteiger partial charge in [-0.15, -0.1) is 0 Å². The molecule has 3 heterocycles. The molecule has 0 saturated carbocycles. The Balaban J connectivity index is 1.48. The Hall–Kier alpha value is -2.61. The first-order valence-electron chi connectivity index (χ1n) is 8.87. The molecule has 4 rings (SSSR count). The lowest BCUT2D eigenvalue weighted by atomic mass is 9.97. The molecule has 1 aliphatic rings. The highest BCUT2D eigenvalue weighted by atomic mass is 79.9. The largest absolute Gasteiger partial charge is 0.445 e. The molecule has 1 aliphatic heterocycles. The maximum Gasteiger partial charge on any atom is 0.410 e. The Morgan fingerprint density at radius 2 is 2.15 bits per heavy atom. The highest BCUT2D eigenvalue weighted by Gasteiger charge is 2.29. The Morgan fingerprint density at radius 1 is 1.33 bits per heavy atom. The van der Waals surface area contributed by atoms with Crippen molar-refractivity contribution in [1.82, 2.24) is 19.3 Å². The Kier molecular flexibility index (Phi) is 4.98. The van der Waals surface area contributed by atoms with E-state index in [0.717, 1.165) is 29.7 Å². The van der Waals surface area contributed by atoms with Crippen LogP contribution < -0.4 is 5.73 Å². The second-order valence-corrected chi connectivity index (χ2v) is 7.37. The Morgan fingerprint density at radius 3 is 2.96 bits per heavy atom. The van der Waals surface area contributed by atoms with Gasteiger partial charge in [-0.3, -0.25) is 4.40 Å². The number of hydrogen-bond donors (Lipinski definition) is 1. The molecule has 3 aromatic rings. The second kappa shape index (κ2) is 7.56. The highest BCUT2D eigenvalue weighted by Crippen LogP contribution is 2.31. The maximum absolute atomic E-state index is 12.5. The van der Waals surface area contributed by atoms with Gasteiger partial charge in [0.05, 0.1) is 0 Å². The zero-order valence-corrected chi connectivity index (χ0v) is 16.3. The predicted octanol–water partition coefficient (Wildman–Crippen LogP) is 3.59. The fourth-order valence-electron chi connectivity index (χ4n) is 3.50. The van der Waals surface area contributed by atoms with Gasteiger partial charge in [0.25, 0.3) is 0 Å². The predicted molar refractivity (Wildman–Crippen MR) is 105 cm³/mol. The number of likely N-dealkylation sites (tertiary alicyclic amines) is 1. The average Bonchev–Trinajstić information content (AvgIpc) is 3.05. The Labute approximate surface area is 165 Å². The van der Waals surface area contributed by atoms with Crippen molar-refractivity contribution in [3.05, 3.63) is 58.7 Å². The van der Waals surface area contributed by atoms with E-state index < -0.39 is 0 Å². The summed E-state index contributed by atoms with van der Waals surface area (Å²) in [4.78, 5) is 23.0. The van der Waals surface area contributed by atoms with Crippen LogP contribution in [-0.2, 0) is 11.3 Å². The third-order valence-corrected chi connectivity index (χ3v) is 5.37. The van der Waals surface area contributed by atoms with E-state index in [0.29, 0.717) is 23.5 Å². The smallest absolute Gasteiger partial charge is 0.410 e. The topological polar surface area (TPSA) is 85.8 Å². The number of halogens is 1. The average molecular weight is 430 g/mol. The van der Waals surface area contributed by atoms with Crippen LogP contribution in [0.3, 0.4) is 0 Å². The van der Waals surface area contributed by atoms with E-state index in [-0.39, 0.29) is 18.6 Å². The van der Waals surface area contributed by atoms with Crippen LogP contribution in [0, 0.1) is 0 Å². The van der Waals surface area contributed by atoms with Crippen LogP contribution in [0.4, 0.5) is 10.6 Å². The lowest BCUT2D eigenvalue weighted by Gasteiger charge is -2.31. The van der Waals surface area contributed by atoms with Crippen molar-refractivity contribution < 1.29 is 9.53 Å². The molecule has 0 unspecified atom stereocenters. The molecule has 2 N–H and O–H groups in total. The number of piperidine rings is 1. The van der Waals surface area contributed by atoms with Crippen LogP contribution in [0.2, 0.25) is 0 Å². The molecular formula is C19H20BrN5O2. The summed E-state index contributed by atoms with van der Waals surface area (Å²) in [5, 5.41) is 0. The van der Waals surface area contributed by atoms with Gasteiger partial charge in [0.2, 0.25) is 0 Å². The molecule has 1 fully saturated rings. The standard InChI is InChI=1S/C19H20BrN5O2/c20-16-15-17(21)22-8-10-25(15)18(23-16)14-7-4-9-24(11-14)19(26)27-12-13-5-2-1-3-6-13/h1-3,5-6,8,10,14H,4,7,9,11-12H2,(H2,21,22)/t14-/m0/s1. The lowest BCUT2D eigenvalue weighted by Crippen LogP contribution is -2.39. The number of rotatable bonds is 3. The first-order chi connectivity index (χ1) is 13.1. The van der Waals surface area contributed by atoms with Gasteiger partial charge >= 0.3 is 6.09 Å². The number of nitrogens with two attached hydrogens (primary N) is 1. The maximum atomic E-state index is 12.5. The number of amides is 1. The number of nitrogen functional groups attached to an aromatic ring is 1. The number of hydrogen-bond acceptors (Lipinski definition) is 5. The van der Waals surface area contributed by atoms with E-state index in [1.165, 1.54) is 0 Å². The molecule has 8 heteroatoms. The quantitative estimate of drug-likeness (QED) is 0.687. The summed E-state index contributed by atoms with van der Waals surface area (Å²) in [6, 6.07) is 9.69. The zero-order chi connectivity index (χ0) is 18.8. The van der Waals surface area contributed by atoms with E-state index in [1.54, 1.807) is 11.1 Å². The number of carbonyl (C=O) groups excluding carboxylic acids is 1. The Bertz CT molecular complexity index is 959. The number of benzene rings is 1. The van der Waals surface area contributed by atoms with Gasteiger partial charge in [-0.2, -0.15) is 0 Å². The van der Waals surface area contributed by atoms with E-state index in [9.17, 15) is 4.79 Å². The van der Waals surface area contributed by atoms with E-state index >= 15 is 0 Å². The number of imidazole rings is 1. The van der Waals surface area contributed by atoms with Crippen LogP contribution in [-0.4, -0.2) is 38.5 Å². The van der Waals surface area contributed by atoms with Crippen LogP contribution in [0.1, 0.15) is 30.1 Å². The molecular weight excluding hydrogens is 410 g/mol. The van der Waals surface area contributed by atoms with Gasteiger partial charge in [-0.1, -0.05) is 30.3 Å². The van der Waals surface area contributed by atoms with Crippen LogP contribution in [0.15, 0.2) is 47.3 Å². The van der Waals surface area contributed by atoms with Crippen LogP contribution >= 0.6 is 15.9 Å². The summed E-state index contributed by atoms with van der Waals surface area (Å²) < 4.78 is 8.11. The summed E-state index contributed by atoms with van der Waals surface area (Å²) in [6.07, 6.45) is 5.08. The van der Waals surface area contributed by atoms with Crippen molar-refractivity contribution in [2.75, 3.05) is 18.8 Å². The number of fused-ring (bicyclic) bond motifs is 1. The first kappa shape index (κ1) is 17.8. The van der Waals surface area contributed by atoms with Crippen molar-refractivity contribution in [2.45, 2.75) is 25.4 Å². The summed E-state index contributed by atoms with van der Waals surface area (Å²) in [5.74, 6) is 1.42. The van der Waals surface area contributed by atoms with Gasteiger partial charge in [-0.25, -0.2) is 14.8 Å². The van der Waals surface area contributed by atoms with E-state index in [2.05, 4.69) is 25.9 Å². The summed E-state index contributed by atoms with van der Waals surface area (Å²) in [6.45, 7) is 1.54. The fraction of sp³-hybridized carbons (Fsp3) is 0.316. The number of ether oxygens (including phenoxy) is 1. The number of anilines is 1. The normalized spacial score (nSPS) is 17.2. The molecule has 0 spiro atoms. The second-order valence-electron chi connectivity index (χ2n) is 6.62. The van der Waals surface area contributed by atoms with Gasteiger partial charge in [0.15, 0.2) is 5.82 Å². The summed E-state index contributed by atoms with van der Waals surface area (Å²) in [5.41, 5.74) is 7.72. The fourth-order valence-corrected chi connectivity index (χ4v) is 4.07. The van der Waals surface area contributed by atoms with Crippen molar-refractivity contribution in [1.29, 1.82) is 0 Å². The molecule has 2 aromatic heterocycles. The molecule has 1 atom stereocenters. The van der Waals surface area contributed by atoms with Crippen LogP contribution in [0.5, 0.6) is 0 Å². The van der Waals surface area contributed by atoms with Crippen molar-refractivity contribution in [3.63, 3.8) is 0 Å². The zero-order valence-electron chi connectivity index (χ0n) is 14.7. The van der Waals surface area contributed by atoms with Gasteiger partial charge in [-0.05, 0) is 34.3 Å². The van der Waals surface area contributed by atoms with Crippen molar-refractivity contribution in [3.8, 4) is 0 Å². The molecule has 27 heavy (non-hydrogen) atoms. The molecule has 140 valence electrons.